The van der Waals surface area contributed by atoms with Gasteiger partial charge in [-0.05, 0) is 59.3 Å². The molecule has 1 atom stereocenters. The Morgan fingerprint density at radius 3 is 1.64 bits per heavy atom. The van der Waals surface area contributed by atoms with Crippen LogP contribution >= 0.6 is 0 Å². The van der Waals surface area contributed by atoms with Gasteiger partial charge in [0.15, 0.2) is 0 Å². The standard InChI is InChI=1S/C30H56O6/c1-9-12-13-17-20-34-21-18-15-14-16-19-25(31)29(6,7)24-30(8,11-3)27(33)36-23-22-35-26(32)28(4,5)10-2/h9-24H2,1-8H3. The lowest BCUT2D eigenvalue weighted by Gasteiger charge is -2.34. The van der Waals surface area contributed by atoms with E-state index in [1.54, 1.807) is 0 Å². The highest BCUT2D eigenvalue weighted by molar-refractivity contribution is 5.85. The molecule has 212 valence electrons. The topological polar surface area (TPSA) is 78.9 Å². The van der Waals surface area contributed by atoms with Gasteiger partial charge in [-0.15, -0.1) is 0 Å². The van der Waals surface area contributed by atoms with Gasteiger partial charge in [-0.25, -0.2) is 0 Å². The number of rotatable bonds is 22. The van der Waals surface area contributed by atoms with E-state index in [2.05, 4.69) is 6.92 Å². The Morgan fingerprint density at radius 1 is 0.583 bits per heavy atom. The number of carbonyl (C=O) groups excluding carboxylic acids is 3. The molecule has 0 N–H and O–H groups in total. The van der Waals surface area contributed by atoms with Crippen molar-refractivity contribution in [2.45, 2.75) is 132 Å². The van der Waals surface area contributed by atoms with Crippen LogP contribution in [0.1, 0.15) is 132 Å². The Bertz CT molecular complexity index is 639. The van der Waals surface area contributed by atoms with Crippen LogP contribution in [0.5, 0.6) is 0 Å². The van der Waals surface area contributed by atoms with Crippen LogP contribution in [-0.4, -0.2) is 44.1 Å². The maximum atomic E-state index is 13.0. The second-order valence-corrected chi connectivity index (χ2v) is 11.7. The third-order valence-electron chi connectivity index (χ3n) is 7.43. The first-order valence-electron chi connectivity index (χ1n) is 14.3. The maximum Gasteiger partial charge on any atom is 0.311 e. The fraction of sp³-hybridized carbons (Fsp3) is 0.900. The van der Waals surface area contributed by atoms with Crippen molar-refractivity contribution >= 4 is 17.7 Å². The molecule has 0 amide bonds. The number of ether oxygens (including phenoxy) is 3. The molecule has 0 aliphatic heterocycles. The lowest BCUT2D eigenvalue weighted by atomic mass is 9.69. The van der Waals surface area contributed by atoms with Crippen molar-refractivity contribution in [2.75, 3.05) is 26.4 Å². The third-order valence-corrected chi connectivity index (χ3v) is 7.43. The normalized spacial score (nSPS) is 13.8. The lowest BCUT2D eigenvalue weighted by Crippen LogP contribution is -2.38. The molecular formula is C30H56O6. The van der Waals surface area contributed by atoms with Crippen molar-refractivity contribution in [1.29, 1.82) is 0 Å². The van der Waals surface area contributed by atoms with Crippen molar-refractivity contribution < 1.29 is 28.6 Å². The SMILES string of the molecule is CCCCCCOCCCCCCC(=O)C(C)(C)CC(C)(CC)C(=O)OCCOC(=O)C(C)(C)CC. The van der Waals surface area contributed by atoms with Crippen LogP contribution in [0.15, 0.2) is 0 Å². The van der Waals surface area contributed by atoms with Gasteiger partial charge in [-0.2, -0.15) is 0 Å². The zero-order chi connectivity index (χ0) is 27.7. The smallest absolute Gasteiger partial charge is 0.311 e. The van der Waals surface area contributed by atoms with Crippen LogP contribution in [0.25, 0.3) is 0 Å². The first-order chi connectivity index (χ1) is 16.9. The summed E-state index contributed by atoms with van der Waals surface area (Å²) >= 11 is 0. The molecule has 0 aromatic heterocycles. The Balaban J connectivity index is 4.35. The van der Waals surface area contributed by atoms with E-state index in [-0.39, 0.29) is 30.9 Å². The largest absolute Gasteiger partial charge is 0.462 e. The zero-order valence-corrected chi connectivity index (χ0v) is 24.8. The van der Waals surface area contributed by atoms with E-state index in [1.807, 2.05) is 48.5 Å². The quantitative estimate of drug-likeness (QED) is 0.111. The molecule has 0 aromatic carbocycles. The van der Waals surface area contributed by atoms with Gasteiger partial charge in [0.25, 0.3) is 0 Å². The summed E-state index contributed by atoms with van der Waals surface area (Å²) in [7, 11) is 0. The lowest BCUT2D eigenvalue weighted by molar-refractivity contribution is -0.165. The highest BCUT2D eigenvalue weighted by atomic mass is 16.6. The van der Waals surface area contributed by atoms with Gasteiger partial charge in [0.2, 0.25) is 0 Å². The van der Waals surface area contributed by atoms with Gasteiger partial charge in [-0.3, -0.25) is 14.4 Å². The molecule has 0 saturated heterocycles. The number of unbranched alkanes of at least 4 members (excludes halogenated alkanes) is 6. The molecular weight excluding hydrogens is 456 g/mol. The van der Waals surface area contributed by atoms with E-state index >= 15 is 0 Å². The summed E-state index contributed by atoms with van der Waals surface area (Å²) in [6.07, 6.45) is 11.1. The summed E-state index contributed by atoms with van der Waals surface area (Å²) in [6.45, 7) is 17.2. The first-order valence-corrected chi connectivity index (χ1v) is 14.3. The zero-order valence-electron chi connectivity index (χ0n) is 24.8. The minimum Gasteiger partial charge on any atom is -0.462 e. The number of ketones is 1. The van der Waals surface area contributed by atoms with E-state index in [0.717, 1.165) is 45.3 Å². The van der Waals surface area contributed by atoms with Gasteiger partial charge in [0.05, 0.1) is 10.8 Å². The molecule has 0 radical (unpaired) electrons. The molecule has 0 aromatic rings. The third kappa shape index (κ3) is 13.8. The van der Waals surface area contributed by atoms with E-state index in [9.17, 15) is 14.4 Å². The van der Waals surface area contributed by atoms with Crippen LogP contribution in [0.4, 0.5) is 0 Å². The van der Waals surface area contributed by atoms with E-state index in [0.29, 0.717) is 25.7 Å². The summed E-state index contributed by atoms with van der Waals surface area (Å²) in [5.74, 6) is -0.440. The number of Topliss-reactive ketones (excluding diaryl/α,β-unsaturated/α-hetero) is 1. The maximum absolute atomic E-state index is 13.0. The Morgan fingerprint density at radius 2 is 1.11 bits per heavy atom. The molecule has 0 aliphatic carbocycles. The predicted molar refractivity (Wildman–Crippen MR) is 146 cm³/mol. The Labute approximate surface area is 221 Å². The van der Waals surface area contributed by atoms with Gasteiger partial charge in [0.1, 0.15) is 19.0 Å². The summed E-state index contributed by atoms with van der Waals surface area (Å²) in [6, 6.07) is 0. The second kappa shape index (κ2) is 17.9. The molecule has 0 bridgehead atoms. The van der Waals surface area contributed by atoms with E-state index in [4.69, 9.17) is 14.2 Å². The molecule has 6 nitrogen and oxygen atoms in total. The molecule has 1 unspecified atom stereocenters. The highest BCUT2D eigenvalue weighted by Crippen LogP contribution is 2.39. The summed E-state index contributed by atoms with van der Waals surface area (Å²) in [5, 5.41) is 0. The number of hydrogen-bond donors (Lipinski definition) is 0. The highest BCUT2D eigenvalue weighted by Gasteiger charge is 2.41. The fourth-order valence-electron chi connectivity index (χ4n) is 4.11. The average molecular weight is 513 g/mol. The van der Waals surface area contributed by atoms with Crippen molar-refractivity contribution in [1.82, 2.24) is 0 Å². The minimum absolute atomic E-state index is 0.0246. The Kier molecular flexibility index (Phi) is 17.2. The molecule has 0 saturated carbocycles. The molecule has 0 heterocycles. The van der Waals surface area contributed by atoms with Crippen LogP contribution in [-0.2, 0) is 28.6 Å². The van der Waals surface area contributed by atoms with Gasteiger partial charge in [-0.1, -0.05) is 66.7 Å². The van der Waals surface area contributed by atoms with Crippen molar-refractivity contribution in [3.05, 3.63) is 0 Å². The number of hydrogen-bond acceptors (Lipinski definition) is 6. The van der Waals surface area contributed by atoms with Gasteiger partial charge >= 0.3 is 11.9 Å². The second-order valence-electron chi connectivity index (χ2n) is 11.7. The van der Waals surface area contributed by atoms with E-state index in [1.165, 1.54) is 19.3 Å². The van der Waals surface area contributed by atoms with Crippen molar-refractivity contribution in [3.63, 3.8) is 0 Å². The van der Waals surface area contributed by atoms with Crippen molar-refractivity contribution in [2.24, 2.45) is 16.2 Å². The van der Waals surface area contributed by atoms with Gasteiger partial charge in [0, 0.05) is 25.0 Å². The van der Waals surface area contributed by atoms with Crippen LogP contribution < -0.4 is 0 Å². The monoisotopic (exact) mass is 512 g/mol. The minimum atomic E-state index is -0.764. The molecule has 36 heavy (non-hydrogen) atoms. The fourth-order valence-corrected chi connectivity index (χ4v) is 4.11. The van der Waals surface area contributed by atoms with E-state index < -0.39 is 16.2 Å². The van der Waals surface area contributed by atoms with Crippen molar-refractivity contribution in [3.8, 4) is 0 Å². The molecule has 6 heteroatoms. The molecule has 0 fully saturated rings. The molecule has 0 spiro atoms. The Hall–Kier alpha value is -1.43. The molecule has 0 aliphatic rings. The predicted octanol–water partition coefficient (Wildman–Crippen LogP) is 7.46. The van der Waals surface area contributed by atoms with Gasteiger partial charge < -0.3 is 14.2 Å². The first kappa shape index (κ1) is 34.6. The average Bonchev–Trinajstić information content (AvgIpc) is 2.84. The van der Waals surface area contributed by atoms with Crippen LogP contribution in [0.2, 0.25) is 0 Å². The number of carbonyl (C=O) groups is 3. The number of esters is 2. The summed E-state index contributed by atoms with van der Waals surface area (Å²) in [4.78, 5) is 37.9. The molecule has 0 rings (SSSR count). The van der Waals surface area contributed by atoms with Crippen LogP contribution in [0.3, 0.4) is 0 Å². The summed E-state index contributed by atoms with van der Waals surface area (Å²) < 4.78 is 16.4. The van der Waals surface area contributed by atoms with Crippen LogP contribution in [0, 0.1) is 16.2 Å². The summed E-state index contributed by atoms with van der Waals surface area (Å²) in [5.41, 5.74) is -1.92.